The zero-order valence-electron chi connectivity index (χ0n) is 8.55. The summed E-state index contributed by atoms with van der Waals surface area (Å²) in [6.07, 6.45) is 4.82. The predicted octanol–water partition coefficient (Wildman–Crippen LogP) is 0.336. The fraction of sp³-hybridized carbons (Fsp3) is 0.111. The lowest BCUT2D eigenvalue weighted by Gasteiger charge is -1.95. The predicted molar refractivity (Wildman–Crippen MR) is 58.3 cm³/mol. The first-order valence-corrected chi connectivity index (χ1v) is 4.68. The third-order valence-electron chi connectivity index (χ3n) is 2.38. The van der Waals surface area contributed by atoms with Crippen LogP contribution in [0, 0.1) is 0 Å². The van der Waals surface area contributed by atoms with Gasteiger partial charge in [0, 0.05) is 7.05 Å². The van der Waals surface area contributed by atoms with Crippen LogP contribution in [0.3, 0.4) is 0 Å². The summed E-state index contributed by atoms with van der Waals surface area (Å²) in [6.45, 7) is 0. The fourth-order valence-electron chi connectivity index (χ4n) is 1.55. The molecule has 3 aromatic rings. The third kappa shape index (κ3) is 1.14. The summed E-state index contributed by atoms with van der Waals surface area (Å²) in [6, 6.07) is 0. The highest BCUT2D eigenvalue weighted by molar-refractivity contribution is 5.83. The molecule has 0 aromatic carbocycles. The molecular formula is C9H9N7. The van der Waals surface area contributed by atoms with Gasteiger partial charge in [0.05, 0.1) is 12.5 Å². The Morgan fingerprint density at radius 1 is 1.38 bits per heavy atom. The van der Waals surface area contributed by atoms with Gasteiger partial charge in [-0.15, -0.1) is 0 Å². The van der Waals surface area contributed by atoms with Crippen molar-refractivity contribution in [2.24, 2.45) is 7.05 Å². The Bertz CT molecular complexity index is 651. The summed E-state index contributed by atoms with van der Waals surface area (Å²) in [4.78, 5) is 19.4. The Morgan fingerprint density at radius 2 is 2.25 bits per heavy atom. The van der Waals surface area contributed by atoms with Gasteiger partial charge in [-0.3, -0.25) is 0 Å². The molecule has 3 heterocycles. The zero-order chi connectivity index (χ0) is 11.1. The molecule has 0 saturated heterocycles. The van der Waals surface area contributed by atoms with Crippen LogP contribution in [-0.4, -0.2) is 29.5 Å². The number of fused-ring (bicyclic) bond motifs is 1. The molecule has 0 atom stereocenters. The van der Waals surface area contributed by atoms with Crippen molar-refractivity contribution < 1.29 is 0 Å². The number of nitrogens with two attached hydrogens (primary N) is 1. The van der Waals surface area contributed by atoms with Crippen molar-refractivity contribution in [3.63, 3.8) is 0 Å². The number of rotatable bonds is 1. The highest BCUT2D eigenvalue weighted by Crippen LogP contribution is 2.20. The third-order valence-corrected chi connectivity index (χ3v) is 2.38. The molecule has 0 aliphatic heterocycles. The second-order valence-corrected chi connectivity index (χ2v) is 3.43. The monoisotopic (exact) mass is 215 g/mol. The molecule has 0 spiro atoms. The second kappa shape index (κ2) is 3.02. The molecule has 7 nitrogen and oxygen atoms in total. The van der Waals surface area contributed by atoms with Gasteiger partial charge in [-0.1, -0.05) is 0 Å². The van der Waals surface area contributed by atoms with Crippen molar-refractivity contribution >= 4 is 17.0 Å². The number of nitrogens with zero attached hydrogens (tertiary/aromatic N) is 5. The number of aromatic amines is 1. The summed E-state index contributed by atoms with van der Waals surface area (Å²) in [5.41, 5.74) is 7.80. The number of aromatic nitrogens is 6. The lowest BCUT2D eigenvalue weighted by Crippen LogP contribution is -1.92. The van der Waals surface area contributed by atoms with Crippen LogP contribution in [0.5, 0.6) is 0 Å². The maximum absolute atomic E-state index is 5.72. The van der Waals surface area contributed by atoms with Crippen molar-refractivity contribution in [3.05, 3.63) is 18.9 Å². The van der Waals surface area contributed by atoms with Gasteiger partial charge in [0.2, 0.25) is 0 Å². The summed E-state index contributed by atoms with van der Waals surface area (Å²) in [5, 5.41) is 0. The van der Waals surface area contributed by atoms with E-state index in [-0.39, 0.29) is 0 Å². The van der Waals surface area contributed by atoms with E-state index in [0.717, 1.165) is 5.69 Å². The molecule has 3 aromatic heterocycles. The van der Waals surface area contributed by atoms with Crippen LogP contribution in [0.1, 0.15) is 0 Å². The van der Waals surface area contributed by atoms with Gasteiger partial charge in [-0.2, -0.15) is 0 Å². The van der Waals surface area contributed by atoms with Crippen LogP contribution in [0.2, 0.25) is 0 Å². The first-order chi connectivity index (χ1) is 7.75. The van der Waals surface area contributed by atoms with Crippen LogP contribution in [0.15, 0.2) is 18.9 Å². The number of aryl methyl sites for hydroxylation is 1. The molecule has 0 aliphatic carbocycles. The Balaban J connectivity index is 2.27. The van der Waals surface area contributed by atoms with Crippen LogP contribution < -0.4 is 5.73 Å². The summed E-state index contributed by atoms with van der Waals surface area (Å²) >= 11 is 0. The standard InChI is InChI=1S/C9H9N7/c1-16-4-11-2-5(16)8-14-6-7(10)12-3-13-9(6)15-8/h2-4H,1H3,(H3,10,12,13,14,15). The minimum absolute atomic E-state index is 0.394. The number of nitrogens with one attached hydrogen (secondary N) is 1. The molecule has 16 heavy (non-hydrogen) atoms. The second-order valence-electron chi connectivity index (χ2n) is 3.43. The zero-order valence-corrected chi connectivity index (χ0v) is 8.55. The van der Waals surface area contributed by atoms with Crippen LogP contribution in [-0.2, 0) is 7.05 Å². The lowest BCUT2D eigenvalue weighted by molar-refractivity contribution is 0.913. The average Bonchev–Trinajstić information content (AvgIpc) is 2.84. The molecule has 0 fully saturated rings. The number of hydrogen-bond donors (Lipinski definition) is 2. The summed E-state index contributed by atoms with van der Waals surface area (Å²) in [7, 11) is 1.89. The molecule has 3 rings (SSSR count). The van der Waals surface area contributed by atoms with Gasteiger partial charge in [-0.05, 0) is 0 Å². The lowest BCUT2D eigenvalue weighted by atomic mass is 10.4. The van der Waals surface area contributed by atoms with Crippen molar-refractivity contribution in [1.29, 1.82) is 0 Å². The van der Waals surface area contributed by atoms with Gasteiger partial charge in [0.25, 0.3) is 0 Å². The summed E-state index contributed by atoms with van der Waals surface area (Å²) < 4.78 is 1.86. The molecule has 0 aliphatic rings. The number of nitrogen functional groups attached to an aromatic ring is 1. The van der Waals surface area contributed by atoms with Crippen molar-refractivity contribution in [2.75, 3.05) is 5.73 Å². The molecule has 0 saturated carbocycles. The summed E-state index contributed by atoms with van der Waals surface area (Å²) in [5.74, 6) is 1.08. The molecule has 0 radical (unpaired) electrons. The molecule has 0 amide bonds. The highest BCUT2D eigenvalue weighted by Gasteiger charge is 2.11. The van der Waals surface area contributed by atoms with Crippen molar-refractivity contribution in [2.45, 2.75) is 0 Å². The Morgan fingerprint density at radius 3 is 2.94 bits per heavy atom. The van der Waals surface area contributed by atoms with Crippen molar-refractivity contribution in [3.8, 4) is 11.5 Å². The van der Waals surface area contributed by atoms with E-state index >= 15 is 0 Å². The maximum Gasteiger partial charge on any atom is 0.183 e. The first-order valence-electron chi connectivity index (χ1n) is 4.68. The van der Waals surface area contributed by atoms with E-state index in [0.29, 0.717) is 22.8 Å². The van der Waals surface area contributed by atoms with Gasteiger partial charge in [0.1, 0.15) is 17.5 Å². The largest absolute Gasteiger partial charge is 0.382 e. The Kier molecular flexibility index (Phi) is 1.67. The Hall–Kier alpha value is -2.44. The minimum Gasteiger partial charge on any atom is -0.382 e. The van der Waals surface area contributed by atoms with Crippen LogP contribution >= 0.6 is 0 Å². The van der Waals surface area contributed by atoms with E-state index in [9.17, 15) is 0 Å². The number of anilines is 1. The van der Waals surface area contributed by atoms with E-state index < -0.39 is 0 Å². The molecule has 7 heteroatoms. The van der Waals surface area contributed by atoms with Gasteiger partial charge < -0.3 is 15.3 Å². The van der Waals surface area contributed by atoms with E-state index in [2.05, 4.69) is 24.9 Å². The molecule has 3 N–H and O–H groups in total. The molecular weight excluding hydrogens is 206 g/mol. The fourth-order valence-corrected chi connectivity index (χ4v) is 1.55. The van der Waals surface area contributed by atoms with E-state index in [1.165, 1.54) is 6.33 Å². The topological polar surface area (TPSA) is 98.3 Å². The number of H-pyrrole nitrogens is 1. The quantitative estimate of drug-likeness (QED) is 0.609. The van der Waals surface area contributed by atoms with E-state index in [4.69, 9.17) is 5.73 Å². The smallest absolute Gasteiger partial charge is 0.183 e. The average molecular weight is 215 g/mol. The van der Waals surface area contributed by atoms with Crippen LogP contribution in [0.25, 0.3) is 22.7 Å². The maximum atomic E-state index is 5.72. The van der Waals surface area contributed by atoms with Gasteiger partial charge >= 0.3 is 0 Å². The number of hydrogen-bond acceptors (Lipinski definition) is 5. The molecule has 0 unspecified atom stereocenters. The van der Waals surface area contributed by atoms with Crippen molar-refractivity contribution in [1.82, 2.24) is 29.5 Å². The molecule has 0 bridgehead atoms. The van der Waals surface area contributed by atoms with Gasteiger partial charge in [0.15, 0.2) is 17.3 Å². The SMILES string of the molecule is Cn1cncc1-c1nc2ncnc(N)c2[nH]1. The van der Waals surface area contributed by atoms with E-state index in [1.807, 2.05) is 11.6 Å². The number of imidazole rings is 2. The van der Waals surface area contributed by atoms with Gasteiger partial charge in [-0.25, -0.2) is 19.9 Å². The Labute approximate surface area is 90.4 Å². The van der Waals surface area contributed by atoms with E-state index in [1.54, 1.807) is 12.5 Å². The minimum atomic E-state index is 0.394. The molecule has 80 valence electrons. The first kappa shape index (κ1) is 8.84. The highest BCUT2D eigenvalue weighted by atomic mass is 15.1. The van der Waals surface area contributed by atoms with Crippen LogP contribution in [0.4, 0.5) is 5.82 Å². The normalized spacial score (nSPS) is 11.1.